The van der Waals surface area contributed by atoms with Crippen LogP contribution in [0.1, 0.15) is 42.5 Å². The van der Waals surface area contributed by atoms with Gasteiger partial charge < -0.3 is 10.1 Å². The number of nitrogens with zero attached hydrogens (tertiary/aromatic N) is 4. The number of ether oxygens (including phenoxy) is 1. The first-order valence-electron chi connectivity index (χ1n) is 7.12. The van der Waals surface area contributed by atoms with Crippen molar-refractivity contribution >= 4 is 0 Å². The van der Waals surface area contributed by atoms with Crippen molar-refractivity contribution in [2.24, 2.45) is 0 Å². The summed E-state index contributed by atoms with van der Waals surface area (Å²) >= 11 is 0. The molecule has 0 aliphatic heterocycles. The summed E-state index contributed by atoms with van der Waals surface area (Å²) in [7, 11) is 1.60. The fraction of sp³-hybridized carbons (Fsp3) is 0.467. The lowest BCUT2D eigenvalue weighted by molar-refractivity contribution is 0.382. The molecule has 0 aromatic carbocycles. The molecule has 1 unspecified atom stereocenters. The second kappa shape index (κ2) is 7.08. The van der Waals surface area contributed by atoms with Crippen molar-refractivity contribution in [3.05, 3.63) is 41.1 Å². The predicted octanol–water partition coefficient (Wildman–Crippen LogP) is 1.84. The number of hydrogen-bond donors (Lipinski definition) is 1. The van der Waals surface area contributed by atoms with E-state index in [-0.39, 0.29) is 6.04 Å². The van der Waals surface area contributed by atoms with Crippen LogP contribution in [0.25, 0.3) is 0 Å². The zero-order chi connectivity index (χ0) is 15.2. The molecule has 112 valence electrons. The Hall–Kier alpha value is -2.08. The monoisotopic (exact) mass is 287 g/mol. The van der Waals surface area contributed by atoms with E-state index in [1.54, 1.807) is 19.5 Å². The first-order chi connectivity index (χ1) is 10.2. The highest BCUT2D eigenvalue weighted by atomic mass is 16.5. The van der Waals surface area contributed by atoms with Crippen molar-refractivity contribution in [1.82, 2.24) is 25.5 Å². The summed E-state index contributed by atoms with van der Waals surface area (Å²) in [6.45, 7) is 6.87. The predicted molar refractivity (Wildman–Crippen MR) is 80.3 cm³/mol. The van der Waals surface area contributed by atoms with Gasteiger partial charge >= 0.3 is 0 Å². The molecule has 0 aliphatic rings. The van der Waals surface area contributed by atoms with Crippen molar-refractivity contribution in [2.75, 3.05) is 13.7 Å². The first-order valence-corrected chi connectivity index (χ1v) is 7.12. The maximum Gasteiger partial charge on any atom is 0.237 e. The highest BCUT2D eigenvalue weighted by Gasteiger charge is 2.23. The van der Waals surface area contributed by atoms with Gasteiger partial charge in [-0.2, -0.15) is 10.2 Å². The average molecular weight is 287 g/mol. The summed E-state index contributed by atoms with van der Waals surface area (Å²) in [5.74, 6) is 0.528. The van der Waals surface area contributed by atoms with Crippen LogP contribution >= 0.6 is 0 Å². The average Bonchev–Trinajstić information content (AvgIpc) is 2.52. The molecule has 2 rings (SSSR count). The van der Waals surface area contributed by atoms with Crippen LogP contribution in [0.4, 0.5) is 0 Å². The molecular weight excluding hydrogens is 266 g/mol. The SMILES string of the molecule is CCNC(c1cc(C)nnc1CC)c1nccnc1OC. The molecule has 0 fully saturated rings. The minimum absolute atomic E-state index is 0.109. The normalized spacial score (nSPS) is 12.2. The fourth-order valence-corrected chi connectivity index (χ4v) is 2.31. The van der Waals surface area contributed by atoms with E-state index in [9.17, 15) is 0 Å². The van der Waals surface area contributed by atoms with Crippen molar-refractivity contribution in [1.29, 1.82) is 0 Å². The van der Waals surface area contributed by atoms with Crippen LogP contribution in [0.15, 0.2) is 18.5 Å². The highest BCUT2D eigenvalue weighted by molar-refractivity contribution is 5.35. The minimum atomic E-state index is -0.109. The van der Waals surface area contributed by atoms with E-state index in [0.717, 1.165) is 35.6 Å². The van der Waals surface area contributed by atoms with Crippen LogP contribution in [-0.4, -0.2) is 33.8 Å². The van der Waals surface area contributed by atoms with Gasteiger partial charge in [0.1, 0.15) is 5.69 Å². The van der Waals surface area contributed by atoms with Crippen LogP contribution in [0.5, 0.6) is 5.88 Å². The number of hydrogen-bond acceptors (Lipinski definition) is 6. The largest absolute Gasteiger partial charge is 0.480 e. The zero-order valence-electron chi connectivity index (χ0n) is 12.9. The Bertz CT molecular complexity index is 602. The minimum Gasteiger partial charge on any atom is -0.480 e. The molecule has 0 saturated carbocycles. The van der Waals surface area contributed by atoms with Gasteiger partial charge in [-0.15, -0.1) is 0 Å². The molecule has 2 aromatic heterocycles. The lowest BCUT2D eigenvalue weighted by Crippen LogP contribution is -2.25. The van der Waals surface area contributed by atoms with E-state index in [1.807, 2.05) is 13.0 Å². The molecular formula is C15H21N5O. The van der Waals surface area contributed by atoms with Crippen molar-refractivity contribution in [2.45, 2.75) is 33.2 Å². The lowest BCUT2D eigenvalue weighted by Gasteiger charge is -2.21. The van der Waals surface area contributed by atoms with Crippen molar-refractivity contribution in [3.63, 3.8) is 0 Å². The Kier molecular flexibility index (Phi) is 5.16. The number of nitrogens with one attached hydrogen (secondary N) is 1. The van der Waals surface area contributed by atoms with E-state index < -0.39 is 0 Å². The van der Waals surface area contributed by atoms with Crippen LogP contribution in [0, 0.1) is 6.92 Å². The third kappa shape index (κ3) is 3.33. The molecule has 1 N–H and O–H groups in total. The Morgan fingerprint density at radius 1 is 1.19 bits per heavy atom. The second-order valence-corrected chi connectivity index (χ2v) is 4.68. The molecule has 2 heterocycles. The van der Waals surface area contributed by atoms with Crippen LogP contribution < -0.4 is 10.1 Å². The Morgan fingerprint density at radius 2 is 1.95 bits per heavy atom. The molecule has 0 saturated heterocycles. The molecule has 21 heavy (non-hydrogen) atoms. The Balaban J connectivity index is 2.55. The Morgan fingerprint density at radius 3 is 2.62 bits per heavy atom. The third-order valence-electron chi connectivity index (χ3n) is 3.24. The molecule has 2 aromatic rings. The van der Waals surface area contributed by atoms with E-state index in [4.69, 9.17) is 4.74 Å². The van der Waals surface area contributed by atoms with E-state index in [1.165, 1.54) is 0 Å². The van der Waals surface area contributed by atoms with Gasteiger partial charge in [0.15, 0.2) is 0 Å². The second-order valence-electron chi connectivity index (χ2n) is 4.68. The van der Waals surface area contributed by atoms with Crippen LogP contribution in [0.3, 0.4) is 0 Å². The summed E-state index contributed by atoms with van der Waals surface area (Å²) in [6.07, 6.45) is 4.12. The summed E-state index contributed by atoms with van der Waals surface area (Å²) < 4.78 is 5.35. The molecule has 0 radical (unpaired) electrons. The Labute approximate surface area is 125 Å². The lowest BCUT2D eigenvalue weighted by atomic mass is 10.00. The molecule has 0 spiro atoms. The van der Waals surface area contributed by atoms with E-state index >= 15 is 0 Å². The van der Waals surface area contributed by atoms with Gasteiger partial charge in [0.25, 0.3) is 0 Å². The summed E-state index contributed by atoms with van der Waals surface area (Å²) in [4.78, 5) is 8.69. The quantitative estimate of drug-likeness (QED) is 0.874. The zero-order valence-corrected chi connectivity index (χ0v) is 12.9. The van der Waals surface area contributed by atoms with Gasteiger partial charge in [0, 0.05) is 18.0 Å². The molecule has 0 aliphatic carbocycles. The summed E-state index contributed by atoms with van der Waals surface area (Å²) in [5.41, 5.74) is 3.68. The van der Waals surface area contributed by atoms with Gasteiger partial charge in [-0.05, 0) is 26.0 Å². The summed E-state index contributed by atoms with van der Waals surface area (Å²) in [5, 5.41) is 11.9. The smallest absolute Gasteiger partial charge is 0.237 e. The molecule has 6 nitrogen and oxygen atoms in total. The number of aromatic nitrogens is 4. The van der Waals surface area contributed by atoms with E-state index in [2.05, 4.69) is 39.3 Å². The van der Waals surface area contributed by atoms with Gasteiger partial charge in [0.05, 0.1) is 24.5 Å². The first kappa shape index (κ1) is 15.3. The van der Waals surface area contributed by atoms with E-state index in [0.29, 0.717) is 5.88 Å². The highest BCUT2D eigenvalue weighted by Crippen LogP contribution is 2.28. The van der Waals surface area contributed by atoms with Gasteiger partial charge in [-0.25, -0.2) is 4.98 Å². The van der Waals surface area contributed by atoms with Crippen LogP contribution in [-0.2, 0) is 6.42 Å². The maximum atomic E-state index is 5.35. The maximum absolute atomic E-state index is 5.35. The number of aryl methyl sites for hydroxylation is 2. The standard InChI is InChI=1S/C15H21N5O/c1-5-12-11(9-10(3)19-20-12)13(16-6-2)14-15(21-4)18-8-7-17-14/h7-9,13,16H,5-6H2,1-4H3. The van der Waals surface area contributed by atoms with Crippen molar-refractivity contribution < 1.29 is 4.74 Å². The van der Waals surface area contributed by atoms with Gasteiger partial charge in [0.2, 0.25) is 5.88 Å². The number of rotatable bonds is 6. The van der Waals surface area contributed by atoms with Crippen LogP contribution in [0.2, 0.25) is 0 Å². The van der Waals surface area contributed by atoms with Crippen molar-refractivity contribution in [3.8, 4) is 5.88 Å². The third-order valence-corrected chi connectivity index (χ3v) is 3.24. The fourth-order valence-electron chi connectivity index (χ4n) is 2.31. The molecule has 0 bridgehead atoms. The van der Waals surface area contributed by atoms with Gasteiger partial charge in [-0.3, -0.25) is 4.98 Å². The number of methoxy groups -OCH3 is 1. The summed E-state index contributed by atoms with van der Waals surface area (Å²) in [6, 6.07) is 1.94. The molecule has 0 amide bonds. The topological polar surface area (TPSA) is 72.8 Å². The molecule has 6 heteroatoms. The van der Waals surface area contributed by atoms with Gasteiger partial charge in [-0.1, -0.05) is 13.8 Å². The molecule has 1 atom stereocenters.